The maximum absolute atomic E-state index is 12.0. The molecule has 0 bridgehead atoms. The molecule has 1 atom stereocenters. The molecule has 126 valence electrons. The highest BCUT2D eigenvalue weighted by Crippen LogP contribution is 2.17. The van der Waals surface area contributed by atoms with Crippen molar-refractivity contribution >= 4 is 42.5 Å². The number of hydrogen-bond acceptors (Lipinski definition) is 5. The van der Waals surface area contributed by atoms with Crippen LogP contribution in [0.2, 0.25) is 0 Å². The summed E-state index contributed by atoms with van der Waals surface area (Å²) in [6, 6.07) is -0.374. The van der Waals surface area contributed by atoms with E-state index in [0.717, 1.165) is 45.7 Å². The lowest BCUT2D eigenvalue weighted by atomic mass is 9.92. The Morgan fingerprint density at radius 2 is 1.90 bits per heavy atom. The van der Waals surface area contributed by atoms with Crippen LogP contribution in [0, 0.1) is 5.92 Å². The Labute approximate surface area is 143 Å². The number of hydrogen-bond donors (Lipinski definition) is 2. The van der Waals surface area contributed by atoms with Gasteiger partial charge in [0.1, 0.15) is 0 Å². The number of carbonyl (C=O) groups excluding carboxylic acids is 1. The van der Waals surface area contributed by atoms with Gasteiger partial charge >= 0.3 is 0 Å². The molecule has 2 saturated heterocycles. The summed E-state index contributed by atoms with van der Waals surface area (Å²) >= 11 is 2.00. The zero-order chi connectivity index (χ0) is 13.5. The van der Waals surface area contributed by atoms with Crippen molar-refractivity contribution in [3.05, 3.63) is 0 Å². The van der Waals surface area contributed by atoms with E-state index < -0.39 is 0 Å². The van der Waals surface area contributed by atoms with E-state index in [2.05, 4.69) is 10.2 Å². The Bertz CT molecular complexity index is 289. The fraction of sp³-hybridized carbons (Fsp3) is 0.923. The van der Waals surface area contributed by atoms with Crippen LogP contribution >= 0.6 is 36.6 Å². The van der Waals surface area contributed by atoms with Crippen LogP contribution in [0.1, 0.15) is 12.8 Å². The van der Waals surface area contributed by atoms with Crippen LogP contribution in [0.4, 0.5) is 0 Å². The number of carbonyl (C=O) groups is 1. The summed E-state index contributed by atoms with van der Waals surface area (Å²) in [5, 5.41) is 2.97. The van der Waals surface area contributed by atoms with Gasteiger partial charge < -0.3 is 15.8 Å². The van der Waals surface area contributed by atoms with E-state index in [9.17, 15) is 4.79 Å². The van der Waals surface area contributed by atoms with Crippen LogP contribution in [0.3, 0.4) is 0 Å². The van der Waals surface area contributed by atoms with Crippen LogP contribution < -0.4 is 11.1 Å². The molecular weight excluding hydrogens is 333 g/mol. The van der Waals surface area contributed by atoms with E-state index in [0.29, 0.717) is 6.54 Å². The van der Waals surface area contributed by atoms with Gasteiger partial charge in [-0.05, 0) is 18.8 Å². The number of nitrogens with zero attached hydrogens (tertiary/aromatic N) is 1. The third-order valence-electron chi connectivity index (χ3n) is 3.91. The second kappa shape index (κ2) is 11.8. The van der Waals surface area contributed by atoms with Crippen molar-refractivity contribution in [2.24, 2.45) is 11.7 Å². The monoisotopic (exact) mass is 359 g/mol. The van der Waals surface area contributed by atoms with Gasteiger partial charge in [0.25, 0.3) is 0 Å². The Kier molecular flexibility index (Phi) is 12.0. The Morgan fingerprint density at radius 3 is 2.52 bits per heavy atom. The van der Waals surface area contributed by atoms with Crippen molar-refractivity contribution < 1.29 is 9.53 Å². The Hall–Kier alpha value is 0.280. The quantitative estimate of drug-likeness (QED) is 0.757. The Balaban J connectivity index is 0.00000200. The lowest BCUT2D eigenvalue weighted by Crippen LogP contribution is -2.49. The molecule has 21 heavy (non-hydrogen) atoms. The van der Waals surface area contributed by atoms with E-state index in [1.807, 2.05) is 11.8 Å². The first-order chi connectivity index (χ1) is 9.27. The van der Waals surface area contributed by atoms with Gasteiger partial charge in [0.05, 0.1) is 6.04 Å². The molecule has 0 radical (unpaired) electrons. The van der Waals surface area contributed by atoms with E-state index >= 15 is 0 Å². The molecule has 0 aromatic rings. The number of amides is 1. The highest BCUT2D eigenvalue weighted by molar-refractivity contribution is 7.99. The minimum absolute atomic E-state index is 0. The molecule has 3 N–H and O–H groups in total. The molecule has 0 spiro atoms. The van der Waals surface area contributed by atoms with Gasteiger partial charge in [-0.25, -0.2) is 0 Å². The smallest absolute Gasteiger partial charge is 0.237 e. The topological polar surface area (TPSA) is 67.6 Å². The molecule has 0 saturated carbocycles. The number of nitrogens with one attached hydrogen (secondary N) is 1. The highest BCUT2D eigenvalue weighted by atomic mass is 35.5. The molecule has 8 heteroatoms. The molecule has 2 heterocycles. The standard InChI is InChI=1S/C13H25N3O2S.2ClH/c14-12(11-1-7-18-8-2-11)13(17)15-3-4-16-5-9-19-10-6-16;;/h11-12H,1-10,14H2,(H,15,17);2*1H. The van der Waals surface area contributed by atoms with Crippen LogP contribution in [-0.4, -0.2) is 67.7 Å². The molecule has 0 aromatic heterocycles. The summed E-state index contributed by atoms with van der Waals surface area (Å²) in [4.78, 5) is 14.4. The van der Waals surface area contributed by atoms with Gasteiger partial charge in [-0.3, -0.25) is 9.69 Å². The van der Waals surface area contributed by atoms with E-state index in [4.69, 9.17) is 10.5 Å². The van der Waals surface area contributed by atoms with Crippen LogP contribution in [0.25, 0.3) is 0 Å². The molecule has 2 fully saturated rings. The molecule has 2 aliphatic heterocycles. The molecule has 0 aromatic carbocycles. The van der Waals surface area contributed by atoms with Gasteiger partial charge in [0.15, 0.2) is 0 Å². The van der Waals surface area contributed by atoms with Gasteiger partial charge in [0, 0.05) is 50.9 Å². The molecule has 2 rings (SSSR count). The maximum Gasteiger partial charge on any atom is 0.237 e. The fourth-order valence-electron chi connectivity index (χ4n) is 2.57. The largest absolute Gasteiger partial charge is 0.381 e. The minimum Gasteiger partial charge on any atom is -0.381 e. The van der Waals surface area contributed by atoms with Crippen molar-refractivity contribution in [1.29, 1.82) is 0 Å². The van der Waals surface area contributed by atoms with E-state index in [-0.39, 0.29) is 42.7 Å². The van der Waals surface area contributed by atoms with Gasteiger partial charge in [-0.2, -0.15) is 11.8 Å². The second-order valence-corrected chi connectivity index (χ2v) is 6.45. The summed E-state index contributed by atoms with van der Waals surface area (Å²) < 4.78 is 5.29. The minimum atomic E-state index is -0.374. The zero-order valence-electron chi connectivity index (χ0n) is 12.3. The van der Waals surface area contributed by atoms with E-state index in [1.54, 1.807) is 0 Å². The first-order valence-corrected chi connectivity index (χ1v) is 8.34. The maximum atomic E-state index is 12.0. The second-order valence-electron chi connectivity index (χ2n) is 5.22. The first-order valence-electron chi connectivity index (χ1n) is 7.18. The summed E-state index contributed by atoms with van der Waals surface area (Å²) in [5.74, 6) is 2.68. The van der Waals surface area contributed by atoms with Gasteiger partial charge in [-0.15, -0.1) is 24.8 Å². The molecule has 2 aliphatic rings. The first kappa shape index (κ1) is 21.3. The summed E-state index contributed by atoms with van der Waals surface area (Å²) in [7, 11) is 0. The molecule has 1 unspecified atom stereocenters. The van der Waals surface area contributed by atoms with Crippen molar-refractivity contribution in [2.75, 3.05) is 50.9 Å². The lowest BCUT2D eigenvalue weighted by Gasteiger charge is -2.28. The summed E-state index contributed by atoms with van der Waals surface area (Å²) in [5.41, 5.74) is 6.03. The van der Waals surface area contributed by atoms with Crippen LogP contribution in [-0.2, 0) is 9.53 Å². The van der Waals surface area contributed by atoms with Crippen LogP contribution in [0.5, 0.6) is 0 Å². The molecule has 0 aliphatic carbocycles. The molecule has 1 amide bonds. The number of nitrogens with two attached hydrogens (primary N) is 1. The average Bonchev–Trinajstić information content (AvgIpc) is 2.48. The lowest BCUT2D eigenvalue weighted by molar-refractivity contribution is -0.124. The van der Waals surface area contributed by atoms with Crippen molar-refractivity contribution in [3.63, 3.8) is 0 Å². The fourth-order valence-corrected chi connectivity index (χ4v) is 3.55. The van der Waals surface area contributed by atoms with Crippen molar-refractivity contribution in [3.8, 4) is 0 Å². The summed E-state index contributed by atoms with van der Waals surface area (Å²) in [6.07, 6.45) is 1.80. The third kappa shape index (κ3) is 7.39. The predicted octanol–water partition coefficient (Wildman–Crippen LogP) is 0.749. The molecule has 5 nitrogen and oxygen atoms in total. The zero-order valence-corrected chi connectivity index (χ0v) is 14.7. The normalized spacial score (nSPS) is 21.8. The number of thioether (sulfide) groups is 1. The number of rotatable bonds is 5. The van der Waals surface area contributed by atoms with Crippen molar-refractivity contribution in [1.82, 2.24) is 10.2 Å². The molecular formula is C13H27Cl2N3O2S. The summed E-state index contributed by atoms with van der Waals surface area (Å²) in [6.45, 7) is 5.38. The van der Waals surface area contributed by atoms with Gasteiger partial charge in [0.2, 0.25) is 5.91 Å². The number of ether oxygens (including phenoxy) is 1. The average molecular weight is 360 g/mol. The Morgan fingerprint density at radius 1 is 1.29 bits per heavy atom. The number of halogens is 2. The third-order valence-corrected chi connectivity index (χ3v) is 4.85. The van der Waals surface area contributed by atoms with Gasteiger partial charge in [-0.1, -0.05) is 0 Å². The van der Waals surface area contributed by atoms with Crippen molar-refractivity contribution in [2.45, 2.75) is 18.9 Å². The SMILES string of the molecule is Cl.Cl.NC(C(=O)NCCN1CCSCC1)C1CCOCC1. The highest BCUT2D eigenvalue weighted by Gasteiger charge is 2.26. The van der Waals surface area contributed by atoms with Crippen LogP contribution in [0.15, 0.2) is 0 Å². The predicted molar refractivity (Wildman–Crippen MR) is 92.8 cm³/mol. The van der Waals surface area contributed by atoms with E-state index in [1.165, 1.54) is 11.5 Å².